The summed E-state index contributed by atoms with van der Waals surface area (Å²) in [7, 11) is 0. The third-order valence-corrected chi connectivity index (χ3v) is 4.84. The van der Waals surface area contributed by atoms with Gasteiger partial charge in [0.2, 0.25) is 5.91 Å². The van der Waals surface area contributed by atoms with Crippen LogP contribution in [0.3, 0.4) is 0 Å². The Kier molecular flexibility index (Phi) is 7.15. The van der Waals surface area contributed by atoms with E-state index >= 15 is 0 Å². The number of ether oxygens (including phenoxy) is 1. The molecule has 2 amide bonds. The second-order valence-corrected chi connectivity index (χ2v) is 7.21. The number of piperidine rings is 1. The van der Waals surface area contributed by atoms with E-state index in [1.54, 1.807) is 41.3 Å². The van der Waals surface area contributed by atoms with E-state index in [9.17, 15) is 22.8 Å². The Balaban J connectivity index is 1.45. The fourth-order valence-corrected chi connectivity index (χ4v) is 3.30. The molecule has 2 heterocycles. The van der Waals surface area contributed by atoms with Crippen LogP contribution < -0.4 is 5.32 Å². The van der Waals surface area contributed by atoms with Crippen molar-refractivity contribution in [3.8, 4) is 0 Å². The number of rotatable bonds is 7. The minimum absolute atomic E-state index is 0.131. The summed E-state index contributed by atoms with van der Waals surface area (Å²) >= 11 is 0. The molecule has 1 aromatic heterocycles. The Hall–Kier alpha value is -2.81. The molecule has 1 atom stereocenters. The molecule has 1 unspecified atom stereocenters. The van der Waals surface area contributed by atoms with Crippen molar-refractivity contribution in [1.29, 1.82) is 0 Å². The van der Waals surface area contributed by atoms with Crippen LogP contribution in [0.4, 0.5) is 13.2 Å². The monoisotopic (exact) mass is 424 g/mol. The number of amides is 2. The molecule has 1 aromatic carbocycles. The summed E-state index contributed by atoms with van der Waals surface area (Å²) in [5.74, 6) is -0.395. The van der Waals surface area contributed by atoms with Gasteiger partial charge < -0.3 is 19.4 Å². The fraction of sp³-hybridized carbons (Fsp3) is 0.429. The maximum Gasteiger partial charge on any atom is 0.411 e. The highest BCUT2D eigenvalue weighted by atomic mass is 19.4. The maximum atomic E-state index is 12.5. The number of nitrogens with zero attached hydrogens (tertiary/aromatic N) is 1. The quantitative estimate of drug-likeness (QED) is 0.738. The Morgan fingerprint density at radius 2 is 1.90 bits per heavy atom. The third-order valence-electron chi connectivity index (χ3n) is 4.84. The molecule has 3 rings (SSSR count). The Bertz CT molecular complexity index is 835. The summed E-state index contributed by atoms with van der Waals surface area (Å²) in [4.78, 5) is 26.6. The van der Waals surface area contributed by atoms with Crippen molar-refractivity contribution in [1.82, 2.24) is 10.2 Å². The molecule has 9 heteroatoms. The third kappa shape index (κ3) is 6.35. The molecular formula is C21H23F3N2O4. The molecule has 1 aliphatic rings. The molecule has 1 aliphatic heterocycles. The molecule has 1 fully saturated rings. The van der Waals surface area contributed by atoms with E-state index < -0.39 is 12.8 Å². The van der Waals surface area contributed by atoms with Crippen molar-refractivity contribution in [2.24, 2.45) is 5.92 Å². The van der Waals surface area contributed by atoms with Crippen molar-refractivity contribution < 1.29 is 31.9 Å². The van der Waals surface area contributed by atoms with E-state index in [0.717, 1.165) is 12.0 Å². The minimum Gasteiger partial charge on any atom is -0.459 e. The van der Waals surface area contributed by atoms with E-state index in [-0.39, 0.29) is 30.1 Å². The van der Waals surface area contributed by atoms with Crippen molar-refractivity contribution in [3.63, 3.8) is 0 Å². The first-order valence-corrected chi connectivity index (χ1v) is 9.64. The Labute approximate surface area is 172 Å². The molecule has 2 aromatic rings. The average molecular weight is 424 g/mol. The van der Waals surface area contributed by atoms with E-state index in [2.05, 4.69) is 10.1 Å². The maximum absolute atomic E-state index is 12.5. The molecule has 162 valence electrons. The number of hydrogen-bond donors (Lipinski definition) is 1. The van der Waals surface area contributed by atoms with Crippen molar-refractivity contribution in [2.45, 2.75) is 32.2 Å². The largest absolute Gasteiger partial charge is 0.459 e. The van der Waals surface area contributed by atoms with Crippen LogP contribution in [-0.2, 0) is 22.7 Å². The van der Waals surface area contributed by atoms with Gasteiger partial charge in [0.05, 0.1) is 18.8 Å². The second kappa shape index (κ2) is 9.80. The molecular weight excluding hydrogens is 401 g/mol. The standard InChI is InChI=1S/C21H23F3N2O4/c22-21(23,24)14-29-13-16-7-5-15(6-8-16)11-25-19(27)17-3-1-9-26(12-17)20(28)18-4-2-10-30-18/h2,4-8,10,17H,1,3,9,11-14H2,(H,25,27). The summed E-state index contributed by atoms with van der Waals surface area (Å²) in [6.45, 7) is -0.202. The van der Waals surface area contributed by atoms with E-state index in [0.29, 0.717) is 31.6 Å². The first-order valence-electron chi connectivity index (χ1n) is 9.64. The van der Waals surface area contributed by atoms with Gasteiger partial charge in [0, 0.05) is 19.6 Å². The number of hydrogen-bond acceptors (Lipinski definition) is 4. The second-order valence-electron chi connectivity index (χ2n) is 7.21. The van der Waals surface area contributed by atoms with Gasteiger partial charge in [-0.3, -0.25) is 9.59 Å². The number of carbonyl (C=O) groups excluding carboxylic acids is 2. The number of carbonyl (C=O) groups is 2. The lowest BCUT2D eigenvalue weighted by Crippen LogP contribution is -2.45. The zero-order chi connectivity index (χ0) is 21.6. The van der Waals surface area contributed by atoms with Gasteiger partial charge in [0.15, 0.2) is 5.76 Å². The van der Waals surface area contributed by atoms with Crippen LogP contribution in [0.5, 0.6) is 0 Å². The summed E-state index contributed by atoms with van der Waals surface area (Å²) in [5, 5.41) is 2.87. The molecule has 0 bridgehead atoms. The molecule has 0 aliphatic carbocycles. The number of alkyl halides is 3. The van der Waals surface area contributed by atoms with E-state index in [1.807, 2.05) is 0 Å². The van der Waals surface area contributed by atoms with Crippen LogP contribution in [0.15, 0.2) is 47.1 Å². The lowest BCUT2D eigenvalue weighted by atomic mass is 9.96. The molecule has 30 heavy (non-hydrogen) atoms. The summed E-state index contributed by atoms with van der Waals surface area (Å²) < 4.78 is 46.1. The highest BCUT2D eigenvalue weighted by Crippen LogP contribution is 2.20. The molecule has 0 radical (unpaired) electrons. The molecule has 0 spiro atoms. The summed E-state index contributed by atoms with van der Waals surface area (Å²) in [6.07, 6.45) is -1.48. The van der Waals surface area contributed by atoms with Gasteiger partial charge in [-0.1, -0.05) is 24.3 Å². The van der Waals surface area contributed by atoms with E-state index in [4.69, 9.17) is 4.42 Å². The minimum atomic E-state index is -4.35. The van der Waals surface area contributed by atoms with Gasteiger partial charge in [0.1, 0.15) is 6.61 Å². The topological polar surface area (TPSA) is 71.8 Å². The number of furan rings is 1. The van der Waals surface area contributed by atoms with Crippen LogP contribution in [0.2, 0.25) is 0 Å². The number of benzene rings is 1. The van der Waals surface area contributed by atoms with Crippen molar-refractivity contribution in [2.75, 3.05) is 19.7 Å². The fourth-order valence-electron chi connectivity index (χ4n) is 3.30. The van der Waals surface area contributed by atoms with Crippen molar-refractivity contribution in [3.05, 3.63) is 59.5 Å². The van der Waals surface area contributed by atoms with Crippen LogP contribution in [0, 0.1) is 5.92 Å². The Morgan fingerprint density at radius 1 is 1.17 bits per heavy atom. The number of halogens is 3. The summed E-state index contributed by atoms with van der Waals surface area (Å²) in [6, 6.07) is 10.1. The van der Waals surface area contributed by atoms with Crippen LogP contribution in [0.25, 0.3) is 0 Å². The van der Waals surface area contributed by atoms with Gasteiger partial charge in [-0.15, -0.1) is 0 Å². The average Bonchev–Trinajstić information content (AvgIpc) is 3.26. The lowest BCUT2D eigenvalue weighted by molar-refractivity contribution is -0.176. The number of nitrogens with one attached hydrogen (secondary N) is 1. The van der Waals surface area contributed by atoms with Gasteiger partial charge in [-0.25, -0.2) is 0 Å². The molecule has 1 saturated heterocycles. The van der Waals surface area contributed by atoms with Gasteiger partial charge >= 0.3 is 6.18 Å². The highest BCUT2D eigenvalue weighted by molar-refractivity contribution is 5.92. The molecule has 6 nitrogen and oxygen atoms in total. The lowest BCUT2D eigenvalue weighted by Gasteiger charge is -2.31. The Morgan fingerprint density at radius 3 is 2.57 bits per heavy atom. The van der Waals surface area contributed by atoms with E-state index in [1.165, 1.54) is 6.26 Å². The zero-order valence-electron chi connectivity index (χ0n) is 16.3. The molecule has 1 N–H and O–H groups in total. The van der Waals surface area contributed by atoms with Crippen molar-refractivity contribution >= 4 is 11.8 Å². The van der Waals surface area contributed by atoms with Crippen LogP contribution in [-0.4, -0.2) is 42.6 Å². The predicted molar refractivity (Wildman–Crippen MR) is 101 cm³/mol. The predicted octanol–water partition coefficient (Wildman–Crippen LogP) is 3.53. The first-order chi connectivity index (χ1) is 14.3. The highest BCUT2D eigenvalue weighted by Gasteiger charge is 2.30. The zero-order valence-corrected chi connectivity index (χ0v) is 16.3. The molecule has 0 saturated carbocycles. The normalized spacial score (nSPS) is 17.0. The SMILES string of the molecule is O=C(NCc1ccc(COCC(F)(F)F)cc1)C1CCCN(C(=O)c2ccco2)C1. The van der Waals surface area contributed by atoms with Gasteiger partial charge in [-0.05, 0) is 36.1 Å². The van der Waals surface area contributed by atoms with Gasteiger partial charge in [0.25, 0.3) is 5.91 Å². The number of likely N-dealkylation sites (tertiary alicyclic amines) is 1. The van der Waals surface area contributed by atoms with Gasteiger partial charge in [-0.2, -0.15) is 13.2 Å². The van der Waals surface area contributed by atoms with Crippen LogP contribution >= 0.6 is 0 Å². The smallest absolute Gasteiger partial charge is 0.411 e. The first kappa shape index (κ1) is 21.9. The summed E-state index contributed by atoms with van der Waals surface area (Å²) in [5.41, 5.74) is 1.44. The van der Waals surface area contributed by atoms with Crippen LogP contribution in [0.1, 0.15) is 34.5 Å².